The van der Waals surface area contributed by atoms with E-state index in [4.69, 9.17) is 4.74 Å². The van der Waals surface area contributed by atoms with Crippen molar-refractivity contribution in [1.29, 1.82) is 0 Å². The molecule has 0 atom stereocenters. The van der Waals surface area contributed by atoms with E-state index in [0.29, 0.717) is 5.41 Å². The van der Waals surface area contributed by atoms with Crippen LogP contribution in [0.3, 0.4) is 0 Å². The fraction of sp³-hybridized carbons (Fsp3) is 1.00. The summed E-state index contributed by atoms with van der Waals surface area (Å²) in [5.74, 6) is 1.35. The maximum absolute atomic E-state index is 5.74. The lowest BCUT2D eigenvalue weighted by atomic mass is 9.91. The molecule has 0 N–H and O–H groups in total. The Hall–Kier alpha value is 0.310. The van der Waals surface area contributed by atoms with E-state index in [1.165, 1.54) is 102 Å². The Morgan fingerprint density at radius 2 is 0.960 bits per heavy atom. The Morgan fingerprint density at radius 3 is 1.40 bits per heavy atom. The first kappa shape index (κ1) is 25.3. The van der Waals surface area contributed by atoms with Crippen molar-refractivity contribution in [3.8, 4) is 0 Å². The van der Waals surface area contributed by atoms with Crippen LogP contribution in [0.4, 0.5) is 0 Å². The normalized spacial score (nSPS) is 12.0. The molecule has 0 aromatic rings. The highest BCUT2D eigenvalue weighted by Gasteiger charge is 2.08. The average molecular weight is 373 g/mol. The molecule has 0 fully saturated rings. The molecular formula is C23H48OS. The topological polar surface area (TPSA) is 9.23 Å². The van der Waals surface area contributed by atoms with Crippen molar-refractivity contribution in [2.75, 3.05) is 25.2 Å². The minimum absolute atomic E-state index is 0.456. The van der Waals surface area contributed by atoms with Crippen molar-refractivity contribution in [2.24, 2.45) is 5.41 Å². The molecule has 0 aliphatic rings. The van der Waals surface area contributed by atoms with E-state index in [0.717, 1.165) is 13.2 Å². The summed E-state index contributed by atoms with van der Waals surface area (Å²) in [6, 6.07) is 0. The van der Waals surface area contributed by atoms with E-state index in [1.807, 2.05) is 11.8 Å². The highest BCUT2D eigenvalue weighted by Crippen LogP contribution is 2.20. The number of unbranched alkanes of at least 4 members (excludes halogenated alkanes) is 12. The van der Waals surface area contributed by atoms with Crippen molar-refractivity contribution in [2.45, 2.75) is 117 Å². The van der Waals surface area contributed by atoms with Crippen LogP contribution in [0, 0.1) is 5.41 Å². The van der Waals surface area contributed by atoms with Crippen molar-refractivity contribution in [3.05, 3.63) is 0 Å². The van der Waals surface area contributed by atoms with Crippen LogP contribution >= 0.6 is 11.8 Å². The summed E-state index contributed by atoms with van der Waals surface area (Å²) >= 11 is 1.98. The van der Waals surface area contributed by atoms with Crippen LogP contribution in [-0.2, 0) is 4.74 Å². The molecule has 0 saturated heterocycles. The summed E-state index contributed by atoms with van der Waals surface area (Å²) < 4.78 is 5.74. The summed E-state index contributed by atoms with van der Waals surface area (Å²) in [4.78, 5) is 0. The molecule has 0 spiro atoms. The first-order chi connectivity index (χ1) is 12.1. The third-order valence-electron chi connectivity index (χ3n) is 4.85. The van der Waals surface area contributed by atoms with Crippen molar-refractivity contribution < 1.29 is 4.74 Å². The van der Waals surface area contributed by atoms with Gasteiger partial charge in [-0.05, 0) is 43.1 Å². The molecule has 25 heavy (non-hydrogen) atoms. The minimum atomic E-state index is 0.456. The standard InChI is InChI=1S/C23H48OS/c1-23(2,3)19-18-21-24-20-16-14-12-10-8-6-5-7-9-11-13-15-17-22-25-4/h5-22H2,1-4H3. The van der Waals surface area contributed by atoms with Gasteiger partial charge < -0.3 is 4.74 Å². The fourth-order valence-electron chi connectivity index (χ4n) is 3.20. The molecule has 0 radical (unpaired) electrons. The van der Waals surface area contributed by atoms with Gasteiger partial charge in [0, 0.05) is 13.2 Å². The highest BCUT2D eigenvalue weighted by atomic mass is 32.2. The summed E-state index contributed by atoms with van der Waals surface area (Å²) in [6.07, 6.45) is 23.2. The molecule has 1 nitrogen and oxygen atoms in total. The van der Waals surface area contributed by atoms with Gasteiger partial charge in [-0.15, -0.1) is 0 Å². The molecule has 2 heteroatoms. The number of rotatable bonds is 19. The number of hydrogen-bond donors (Lipinski definition) is 0. The van der Waals surface area contributed by atoms with E-state index in [9.17, 15) is 0 Å². The maximum Gasteiger partial charge on any atom is 0.0466 e. The number of thioether (sulfide) groups is 1. The van der Waals surface area contributed by atoms with Gasteiger partial charge in [0.25, 0.3) is 0 Å². The first-order valence-electron chi connectivity index (χ1n) is 11.1. The Balaban J connectivity index is 3.01. The molecule has 152 valence electrons. The lowest BCUT2D eigenvalue weighted by molar-refractivity contribution is 0.118. The third-order valence-corrected chi connectivity index (χ3v) is 5.55. The largest absolute Gasteiger partial charge is 0.381 e. The summed E-state index contributed by atoms with van der Waals surface area (Å²) in [6.45, 7) is 8.85. The minimum Gasteiger partial charge on any atom is -0.381 e. The van der Waals surface area contributed by atoms with Crippen LogP contribution in [-0.4, -0.2) is 25.2 Å². The van der Waals surface area contributed by atoms with Gasteiger partial charge >= 0.3 is 0 Å². The molecule has 0 aliphatic heterocycles. The van der Waals surface area contributed by atoms with Gasteiger partial charge in [0.1, 0.15) is 0 Å². The number of ether oxygens (including phenoxy) is 1. The highest BCUT2D eigenvalue weighted by molar-refractivity contribution is 7.98. The number of hydrogen-bond acceptors (Lipinski definition) is 2. The molecule has 0 amide bonds. The zero-order valence-electron chi connectivity index (χ0n) is 18.0. The van der Waals surface area contributed by atoms with Gasteiger partial charge in [0.05, 0.1) is 0 Å². The van der Waals surface area contributed by atoms with Gasteiger partial charge in [0.2, 0.25) is 0 Å². The molecule has 0 aromatic carbocycles. The molecule has 0 aromatic heterocycles. The molecule has 0 unspecified atom stereocenters. The van der Waals surface area contributed by atoms with Gasteiger partial charge in [-0.1, -0.05) is 91.4 Å². The van der Waals surface area contributed by atoms with Gasteiger partial charge in [-0.3, -0.25) is 0 Å². The van der Waals surface area contributed by atoms with E-state index in [-0.39, 0.29) is 0 Å². The van der Waals surface area contributed by atoms with Crippen molar-refractivity contribution in [1.82, 2.24) is 0 Å². The second-order valence-electron chi connectivity index (χ2n) is 8.87. The predicted molar refractivity (Wildman–Crippen MR) is 118 cm³/mol. The molecule has 0 aliphatic carbocycles. The average Bonchev–Trinajstić information content (AvgIpc) is 2.56. The van der Waals surface area contributed by atoms with Crippen molar-refractivity contribution in [3.63, 3.8) is 0 Å². The second kappa shape index (κ2) is 19.1. The second-order valence-corrected chi connectivity index (χ2v) is 9.85. The van der Waals surface area contributed by atoms with Crippen LogP contribution in [0.1, 0.15) is 117 Å². The van der Waals surface area contributed by atoms with E-state index >= 15 is 0 Å². The van der Waals surface area contributed by atoms with E-state index in [2.05, 4.69) is 27.0 Å². The van der Waals surface area contributed by atoms with Crippen LogP contribution in [0.2, 0.25) is 0 Å². The van der Waals surface area contributed by atoms with E-state index in [1.54, 1.807) is 0 Å². The Bertz CT molecular complexity index is 247. The van der Waals surface area contributed by atoms with Crippen LogP contribution in [0.5, 0.6) is 0 Å². The van der Waals surface area contributed by atoms with Crippen LogP contribution in [0.15, 0.2) is 0 Å². The third kappa shape index (κ3) is 24.3. The van der Waals surface area contributed by atoms with Crippen LogP contribution in [0.25, 0.3) is 0 Å². The van der Waals surface area contributed by atoms with Gasteiger partial charge in [-0.25, -0.2) is 0 Å². The SMILES string of the molecule is CSCCCCCCCCCCCCCCCOCCCC(C)(C)C. The molecule has 0 bridgehead atoms. The van der Waals surface area contributed by atoms with Crippen LogP contribution < -0.4 is 0 Å². The Labute approximate surface area is 164 Å². The Morgan fingerprint density at radius 1 is 0.560 bits per heavy atom. The molecule has 0 heterocycles. The molecule has 0 rings (SSSR count). The summed E-state index contributed by atoms with van der Waals surface area (Å²) in [5.41, 5.74) is 0.456. The quantitative estimate of drug-likeness (QED) is 0.211. The van der Waals surface area contributed by atoms with E-state index < -0.39 is 0 Å². The lowest BCUT2D eigenvalue weighted by Gasteiger charge is -2.17. The zero-order chi connectivity index (χ0) is 18.6. The smallest absolute Gasteiger partial charge is 0.0466 e. The lowest BCUT2D eigenvalue weighted by Crippen LogP contribution is -2.07. The monoisotopic (exact) mass is 372 g/mol. The van der Waals surface area contributed by atoms with Gasteiger partial charge in [0.15, 0.2) is 0 Å². The first-order valence-corrected chi connectivity index (χ1v) is 12.5. The summed E-state index contributed by atoms with van der Waals surface area (Å²) in [7, 11) is 0. The predicted octanol–water partition coefficient (Wildman–Crippen LogP) is 8.26. The molecular weight excluding hydrogens is 324 g/mol. The molecule has 0 saturated carbocycles. The fourth-order valence-corrected chi connectivity index (χ4v) is 3.69. The van der Waals surface area contributed by atoms with Gasteiger partial charge in [-0.2, -0.15) is 11.8 Å². The summed E-state index contributed by atoms with van der Waals surface area (Å²) in [5, 5.41) is 0. The zero-order valence-corrected chi connectivity index (χ0v) is 18.9. The van der Waals surface area contributed by atoms with Crippen molar-refractivity contribution >= 4 is 11.8 Å². The Kier molecular flexibility index (Phi) is 19.3. The maximum atomic E-state index is 5.74.